The van der Waals surface area contributed by atoms with Gasteiger partial charge in [0.1, 0.15) is 0 Å². The second kappa shape index (κ2) is 15.1. The lowest BCUT2D eigenvalue weighted by Crippen LogP contribution is -2.35. The van der Waals surface area contributed by atoms with Gasteiger partial charge in [0, 0.05) is 23.6 Å². The van der Waals surface area contributed by atoms with Gasteiger partial charge < -0.3 is 11.1 Å². The van der Waals surface area contributed by atoms with Crippen molar-refractivity contribution in [1.82, 2.24) is 5.32 Å². The number of nitrogens with one attached hydrogen (secondary N) is 2. The Bertz CT molecular complexity index is 772. The van der Waals surface area contributed by atoms with Crippen molar-refractivity contribution < 1.29 is 4.79 Å². The first-order chi connectivity index (χ1) is 15.1. The van der Waals surface area contributed by atoms with Crippen LogP contribution in [0.2, 0.25) is 0 Å². The first-order valence-corrected chi connectivity index (χ1v) is 13.1. The number of carbonyl (C=O) groups is 1. The van der Waals surface area contributed by atoms with E-state index < -0.39 is 0 Å². The fourth-order valence-electron chi connectivity index (χ4n) is 3.46. The van der Waals surface area contributed by atoms with E-state index in [1.54, 1.807) is 18.2 Å². The van der Waals surface area contributed by atoms with E-state index in [1.165, 1.54) is 67.6 Å². The zero-order valence-electron chi connectivity index (χ0n) is 18.4. The molecule has 1 fully saturated rings. The van der Waals surface area contributed by atoms with Crippen LogP contribution in [0.4, 0.5) is 0 Å². The monoisotopic (exact) mass is 457 g/mol. The Kier molecular flexibility index (Phi) is 12.4. The minimum Gasteiger partial charge on any atom is -0.349 e. The molecule has 1 aliphatic carbocycles. The van der Waals surface area contributed by atoms with Crippen molar-refractivity contribution in [3.8, 4) is 0 Å². The third kappa shape index (κ3) is 10.4. The highest BCUT2D eigenvalue weighted by molar-refractivity contribution is 8.24. The summed E-state index contributed by atoms with van der Waals surface area (Å²) in [6.07, 6.45) is 19.5. The number of hydrogen-bond acceptors (Lipinski definition) is 5. The average molecular weight is 458 g/mol. The molecule has 1 atom stereocenters. The molecule has 168 valence electrons. The van der Waals surface area contributed by atoms with E-state index in [0.717, 1.165) is 15.6 Å². The van der Waals surface area contributed by atoms with Gasteiger partial charge in [-0.1, -0.05) is 92.8 Å². The van der Waals surface area contributed by atoms with E-state index in [9.17, 15) is 4.79 Å². The molecule has 0 spiro atoms. The number of carbonyl (C=O) groups excluding carboxylic acids is 1. The molecule has 1 aliphatic heterocycles. The number of benzene rings is 1. The minimum absolute atomic E-state index is 0.00533. The van der Waals surface area contributed by atoms with Crippen LogP contribution >= 0.6 is 23.5 Å². The summed E-state index contributed by atoms with van der Waals surface area (Å²) in [7, 11) is 0. The molecule has 1 aromatic rings. The third-order valence-electron chi connectivity index (χ3n) is 5.11. The molecule has 0 aromatic heterocycles. The van der Waals surface area contributed by atoms with Gasteiger partial charge in [0.15, 0.2) is 0 Å². The maximum absolute atomic E-state index is 12.3. The van der Waals surface area contributed by atoms with Crippen LogP contribution in [-0.2, 0) is 11.2 Å². The van der Waals surface area contributed by atoms with Crippen LogP contribution in [0, 0.1) is 5.41 Å². The van der Waals surface area contributed by atoms with Crippen LogP contribution < -0.4 is 11.1 Å². The predicted octanol–water partition coefficient (Wildman–Crippen LogP) is 5.81. The molecular formula is C25H35N3OS2. The zero-order valence-corrected chi connectivity index (χ0v) is 20.1. The Labute approximate surface area is 195 Å². The number of allylic oxidation sites excluding steroid dienone is 2. The topological polar surface area (TPSA) is 79.0 Å². The van der Waals surface area contributed by atoms with Gasteiger partial charge in [-0.15, -0.1) is 11.8 Å². The number of nitrogens with two attached hydrogens (primary N) is 1. The molecule has 0 saturated heterocycles. The highest BCUT2D eigenvalue weighted by Gasteiger charge is 2.17. The number of hydrogen-bond donors (Lipinski definition) is 3. The molecule has 3 rings (SSSR count). The lowest BCUT2D eigenvalue weighted by molar-refractivity contribution is -0.117. The van der Waals surface area contributed by atoms with E-state index in [-0.39, 0.29) is 11.9 Å². The summed E-state index contributed by atoms with van der Waals surface area (Å²) in [5.41, 5.74) is 7.09. The van der Waals surface area contributed by atoms with Gasteiger partial charge in [-0.05, 0) is 30.7 Å². The fraction of sp³-hybridized carbons (Fsp3) is 0.440. The summed E-state index contributed by atoms with van der Waals surface area (Å²) in [4.78, 5) is 13.1. The molecule has 31 heavy (non-hydrogen) atoms. The highest BCUT2D eigenvalue weighted by Crippen LogP contribution is 2.34. The average Bonchev–Trinajstić information content (AvgIpc) is 2.88. The maximum atomic E-state index is 12.3. The van der Waals surface area contributed by atoms with Gasteiger partial charge in [-0.3, -0.25) is 10.2 Å². The van der Waals surface area contributed by atoms with E-state index in [2.05, 4.69) is 17.4 Å². The van der Waals surface area contributed by atoms with Crippen LogP contribution in [0.5, 0.6) is 0 Å². The Morgan fingerprint density at radius 2 is 1.84 bits per heavy atom. The summed E-state index contributed by atoms with van der Waals surface area (Å²) in [6.45, 7) is 0.405. The van der Waals surface area contributed by atoms with Crippen LogP contribution in [0.15, 0.2) is 63.8 Å². The summed E-state index contributed by atoms with van der Waals surface area (Å²) in [5, 5.41) is 11.3. The van der Waals surface area contributed by atoms with Crippen LogP contribution in [0.25, 0.3) is 0 Å². The van der Waals surface area contributed by atoms with Gasteiger partial charge in [-0.2, -0.15) is 0 Å². The largest absolute Gasteiger partial charge is 0.349 e. The van der Waals surface area contributed by atoms with Crippen molar-refractivity contribution >= 4 is 35.1 Å². The highest BCUT2D eigenvalue weighted by atomic mass is 32.2. The quantitative estimate of drug-likeness (QED) is 0.471. The Balaban J connectivity index is 0.000000488. The molecule has 1 amide bonds. The van der Waals surface area contributed by atoms with E-state index in [1.807, 2.05) is 30.5 Å². The molecular weight excluding hydrogens is 422 g/mol. The summed E-state index contributed by atoms with van der Waals surface area (Å²) in [6, 6.07) is 10.1. The van der Waals surface area contributed by atoms with Gasteiger partial charge in [0.2, 0.25) is 5.91 Å². The van der Waals surface area contributed by atoms with Gasteiger partial charge in [-0.25, -0.2) is 0 Å². The molecule has 0 bridgehead atoms. The molecule has 1 unspecified atom stereocenters. The fourth-order valence-corrected chi connectivity index (χ4v) is 5.03. The molecule has 1 aromatic carbocycles. The number of thioether (sulfide) groups is 2. The maximum Gasteiger partial charge on any atom is 0.245 e. The van der Waals surface area contributed by atoms with Gasteiger partial charge >= 0.3 is 0 Å². The summed E-state index contributed by atoms with van der Waals surface area (Å²) >= 11 is 2.97. The second-order valence-corrected chi connectivity index (χ2v) is 9.83. The normalized spacial score (nSPS) is 23.0. The van der Waals surface area contributed by atoms with Crippen molar-refractivity contribution in [2.45, 2.75) is 57.4 Å². The smallest absolute Gasteiger partial charge is 0.245 e. The van der Waals surface area contributed by atoms with E-state index in [0.29, 0.717) is 18.7 Å². The van der Waals surface area contributed by atoms with Crippen molar-refractivity contribution in [2.75, 3.05) is 12.8 Å². The van der Waals surface area contributed by atoms with E-state index in [4.69, 9.17) is 11.1 Å². The van der Waals surface area contributed by atoms with Crippen LogP contribution in [0.1, 0.15) is 50.5 Å². The summed E-state index contributed by atoms with van der Waals surface area (Å²) < 4.78 is 0.870. The lowest BCUT2D eigenvalue weighted by Gasteiger charge is -2.16. The van der Waals surface area contributed by atoms with E-state index >= 15 is 0 Å². The van der Waals surface area contributed by atoms with Crippen LogP contribution in [0.3, 0.4) is 0 Å². The SMILES string of the molecule is C1CCCCC1.CS/C1=C\C(=O)NC(Cc2ccccc2)C/C=C(\C(=N)/C=C\CN)S1. The van der Waals surface area contributed by atoms with Crippen molar-refractivity contribution in [2.24, 2.45) is 5.73 Å². The molecule has 2 aliphatic rings. The third-order valence-corrected chi connectivity index (χ3v) is 7.30. The van der Waals surface area contributed by atoms with Crippen LogP contribution in [-0.4, -0.2) is 30.5 Å². The zero-order chi connectivity index (χ0) is 22.3. The molecule has 4 nitrogen and oxygen atoms in total. The standard InChI is InChI=1S/C19H23N3OS2.C6H12/c1-24-19-13-18(23)22-15(12-14-6-3-2-4-7-14)9-10-17(25-19)16(21)8-5-11-20;1-2-4-6-5-3-1/h2-8,10,13,15,21H,9,11-12,20H2,1H3,(H,22,23);1-6H2/b8-5-,17-10+,19-13+,21-16?;. The van der Waals surface area contributed by atoms with Crippen molar-refractivity contribution in [3.05, 3.63) is 69.3 Å². The van der Waals surface area contributed by atoms with Gasteiger partial charge in [0.05, 0.1) is 9.95 Å². The van der Waals surface area contributed by atoms with Crippen molar-refractivity contribution in [3.63, 3.8) is 0 Å². The Morgan fingerprint density at radius 1 is 1.19 bits per heavy atom. The first-order valence-electron chi connectivity index (χ1n) is 11.1. The molecule has 0 radical (unpaired) electrons. The van der Waals surface area contributed by atoms with Crippen molar-refractivity contribution in [1.29, 1.82) is 5.41 Å². The predicted molar refractivity (Wildman–Crippen MR) is 138 cm³/mol. The lowest BCUT2D eigenvalue weighted by atomic mass is 10.0. The molecule has 1 heterocycles. The molecule has 6 heteroatoms. The summed E-state index contributed by atoms with van der Waals surface area (Å²) in [5.74, 6) is -0.0866. The molecule has 1 saturated carbocycles. The minimum atomic E-state index is -0.0866. The second-order valence-electron chi connectivity index (χ2n) is 7.64. The Morgan fingerprint density at radius 3 is 2.42 bits per heavy atom. The Hall–Kier alpha value is -1.76. The number of rotatable bonds is 6. The molecule has 4 N–H and O–H groups in total. The van der Waals surface area contributed by atoms with Gasteiger partial charge in [0.25, 0.3) is 0 Å². The first kappa shape index (κ1) is 25.5. The number of amides is 1.